The Labute approximate surface area is 107 Å². The van der Waals surface area contributed by atoms with Crippen molar-refractivity contribution < 1.29 is 27.8 Å². The van der Waals surface area contributed by atoms with Crippen LogP contribution in [0, 0.1) is 0 Å². The third-order valence-electron chi connectivity index (χ3n) is 3.17. The number of β-amino-alcohol motifs (C(OH)–C–C–N with tert-alkyl or cyclic N) is 1. The van der Waals surface area contributed by atoms with Gasteiger partial charge in [-0.1, -0.05) is 6.07 Å². The SMILES string of the molecule is O[C@@H]1CN(Cc2ccc3c(c2)OC(F)(F)O3)C[C@H]1F. The molecule has 0 aromatic heterocycles. The van der Waals surface area contributed by atoms with Crippen molar-refractivity contribution in [3.8, 4) is 11.5 Å². The molecule has 7 heteroatoms. The Balaban J connectivity index is 1.71. The zero-order chi connectivity index (χ0) is 13.6. The largest absolute Gasteiger partial charge is 0.586 e. The number of hydrogen-bond acceptors (Lipinski definition) is 4. The standard InChI is InChI=1S/C12H12F3NO3/c13-8-5-16(6-9(8)17)4-7-1-2-10-11(3-7)19-12(14,15)18-10/h1-3,8-9,17H,4-6H2/t8-,9-/m1/s1. The summed E-state index contributed by atoms with van der Waals surface area (Å²) in [6, 6.07) is 4.45. The highest BCUT2D eigenvalue weighted by molar-refractivity contribution is 5.45. The van der Waals surface area contributed by atoms with E-state index in [-0.39, 0.29) is 24.6 Å². The van der Waals surface area contributed by atoms with E-state index >= 15 is 0 Å². The van der Waals surface area contributed by atoms with E-state index < -0.39 is 18.6 Å². The summed E-state index contributed by atoms with van der Waals surface area (Å²) in [4.78, 5) is 1.71. The molecule has 2 atom stereocenters. The summed E-state index contributed by atoms with van der Waals surface area (Å²) in [5.41, 5.74) is 0.696. The molecule has 1 aromatic rings. The lowest BCUT2D eigenvalue weighted by atomic mass is 10.2. The Kier molecular flexibility index (Phi) is 2.83. The van der Waals surface area contributed by atoms with E-state index in [0.717, 1.165) is 0 Å². The fraction of sp³-hybridized carbons (Fsp3) is 0.500. The number of likely N-dealkylation sites (tertiary alicyclic amines) is 1. The van der Waals surface area contributed by atoms with Gasteiger partial charge in [0.05, 0.1) is 6.10 Å². The fourth-order valence-corrected chi connectivity index (χ4v) is 2.30. The molecule has 104 valence electrons. The summed E-state index contributed by atoms with van der Waals surface area (Å²) in [5.74, 6) is -0.0439. The van der Waals surface area contributed by atoms with Crippen molar-refractivity contribution in [1.29, 1.82) is 0 Å². The number of hydrogen-bond donors (Lipinski definition) is 1. The van der Waals surface area contributed by atoms with Crippen molar-refractivity contribution in [2.45, 2.75) is 25.1 Å². The molecule has 3 rings (SSSR count). The van der Waals surface area contributed by atoms with Crippen LogP contribution >= 0.6 is 0 Å². The Morgan fingerprint density at radius 2 is 2.00 bits per heavy atom. The molecular weight excluding hydrogens is 263 g/mol. The highest BCUT2D eigenvalue weighted by atomic mass is 19.3. The second kappa shape index (κ2) is 4.28. The molecule has 1 fully saturated rings. The van der Waals surface area contributed by atoms with E-state index in [4.69, 9.17) is 0 Å². The Morgan fingerprint density at radius 3 is 2.68 bits per heavy atom. The maximum atomic E-state index is 13.2. The highest BCUT2D eigenvalue weighted by Gasteiger charge is 2.43. The number of alkyl halides is 3. The van der Waals surface area contributed by atoms with Gasteiger partial charge in [0.15, 0.2) is 11.5 Å². The first-order valence-electron chi connectivity index (χ1n) is 5.86. The van der Waals surface area contributed by atoms with Crippen molar-refractivity contribution in [3.05, 3.63) is 23.8 Å². The van der Waals surface area contributed by atoms with Gasteiger partial charge in [0.2, 0.25) is 0 Å². The number of rotatable bonds is 2. The van der Waals surface area contributed by atoms with Crippen LogP contribution in [0.4, 0.5) is 13.2 Å². The van der Waals surface area contributed by atoms with Gasteiger partial charge in [-0.2, -0.15) is 0 Å². The first kappa shape index (κ1) is 12.6. The van der Waals surface area contributed by atoms with Crippen molar-refractivity contribution in [2.75, 3.05) is 13.1 Å². The van der Waals surface area contributed by atoms with Crippen molar-refractivity contribution in [2.24, 2.45) is 0 Å². The molecule has 4 nitrogen and oxygen atoms in total. The molecule has 0 spiro atoms. The number of benzene rings is 1. The molecule has 1 aromatic carbocycles. The van der Waals surface area contributed by atoms with Crippen molar-refractivity contribution >= 4 is 0 Å². The third kappa shape index (κ3) is 2.48. The Hall–Kier alpha value is -1.47. The maximum Gasteiger partial charge on any atom is 0.586 e. The number of nitrogens with zero attached hydrogens (tertiary/aromatic N) is 1. The van der Waals surface area contributed by atoms with Crippen LogP contribution in [0.3, 0.4) is 0 Å². The molecule has 0 radical (unpaired) electrons. The van der Waals surface area contributed by atoms with Gasteiger partial charge >= 0.3 is 6.29 Å². The van der Waals surface area contributed by atoms with Crippen LogP contribution in [-0.2, 0) is 6.54 Å². The minimum atomic E-state index is -3.63. The molecule has 1 N–H and O–H groups in total. The first-order valence-corrected chi connectivity index (χ1v) is 5.86. The summed E-state index contributed by atoms with van der Waals surface area (Å²) in [7, 11) is 0. The van der Waals surface area contributed by atoms with Crippen molar-refractivity contribution in [3.63, 3.8) is 0 Å². The lowest BCUT2D eigenvalue weighted by Crippen LogP contribution is -2.26. The Morgan fingerprint density at radius 1 is 1.26 bits per heavy atom. The van der Waals surface area contributed by atoms with E-state index in [2.05, 4.69) is 9.47 Å². The molecule has 0 saturated carbocycles. The number of ether oxygens (including phenoxy) is 2. The van der Waals surface area contributed by atoms with Crippen LogP contribution in [0.1, 0.15) is 5.56 Å². The normalized spacial score (nSPS) is 28.8. The van der Waals surface area contributed by atoms with Gasteiger partial charge in [0.25, 0.3) is 0 Å². The number of halogens is 3. The zero-order valence-corrected chi connectivity index (χ0v) is 9.85. The predicted octanol–water partition coefficient (Wildman–Crippen LogP) is 1.52. The molecular formula is C12H12F3NO3. The van der Waals surface area contributed by atoms with Gasteiger partial charge < -0.3 is 14.6 Å². The molecule has 2 heterocycles. The summed E-state index contributed by atoms with van der Waals surface area (Å²) >= 11 is 0. The predicted molar refractivity (Wildman–Crippen MR) is 58.8 cm³/mol. The van der Waals surface area contributed by atoms with E-state index in [9.17, 15) is 18.3 Å². The summed E-state index contributed by atoms with van der Waals surface area (Å²) < 4.78 is 47.5. The lowest BCUT2D eigenvalue weighted by Gasteiger charge is -2.14. The topological polar surface area (TPSA) is 41.9 Å². The highest BCUT2D eigenvalue weighted by Crippen LogP contribution is 2.41. The molecule has 19 heavy (non-hydrogen) atoms. The quantitative estimate of drug-likeness (QED) is 0.888. The van der Waals surface area contributed by atoms with Crippen LogP contribution in [0.2, 0.25) is 0 Å². The summed E-state index contributed by atoms with van der Waals surface area (Å²) in [6.45, 7) is 0.719. The molecule has 0 aliphatic carbocycles. The number of fused-ring (bicyclic) bond motifs is 1. The molecule has 2 aliphatic heterocycles. The molecule has 0 bridgehead atoms. The van der Waals surface area contributed by atoms with Gasteiger partial charge in [-0.05, 0) is 17.7 Å². The molecule has 2 aliphatic rings. The molecule has 0 amide bonds. The Bertz CT molecular complexity index is 487. The van der Waals surface area contributed by atoms with Crippen LogP contribution in [0.5, 0.6) is 11.5 Å². The fourth-order valence-electron chi connectivity index (χ4n) is 2.30. The van der Waals surface area contributed by atoms with E-state index in [1.54, 1.807) is 11.0 Å². The number of aliphatic hydroxyl groups excluding tert-OH is 1. The number of aliphatic hydroxyl groups is 1. The van der Waals surface area contributed by atoms with E-state index in [0.29, 0.717) is 12.1 Å². The van der Waals surface area contributed by atoms with Gasteiger partial charge in [-0.15, -0.1) is 8.78 Å². The average molecular weight is 275 g/mol. The monoisotopic (exact) mass is 275 g/mol. The minimum absolute atomic E-state index is 0.0152. The zero-order valence-electron chi connectivity index (χ0n) is 9.85. The maximum absolute atomic E-state index is 13.2. The minimum Gasteiger partial charge on any atom is -0.395 e. The van der Waals surface area contributed by atoms with Gasteiger partial charge in [-0.3, -0.25) is 4.90 Å². The molecule has 1 saturated heterocycles. The summed E-state index contributed by atoms with van der Waals surface area (Å²) in [5, 5.41) is 9.31. The van der Waals surface area contributed by atoms with Crippen LogP contribution < -0.4 is 9.47 Å². The average Bonchev–Trinajstić information content (AvgIpc) is 2.77. The van der Waals surface area contributed by atoms with Crippen molar-refractivity contribution in [1.82, 2.24) is 4.90 Å². The summed E-state index contributed by atoms with van der Waals surface area (Å²) in [6.07, 6.45) is -5.88. The van der Waals surface area contributed by atoms with Gasteiger partial charge in [-0.25, -0.2) is 4.39 Å². The molecule has 0 unspecified atom stereocenters. The van der Waals surface area contributed by atoms with Crippen LogP contribution in [0.25, 0.3) is 0 Å². The van der Waals surface area contributed by atoms with E-state index in [1.807, 2.05) is 0 Å². The lowest BCUT2D eigenvalue weighted by molar-refractivity contribution is -0.286. The first-order chi connectivity index (χ1) is 8.93. The second-order valence-corrected chi connectivity index (χ2v) is 4.73. The second-order valence-electron chi connectivity index (χ2n) is 4.73. The van der Waals surface area contributed by atoms with Gasteiger partial charge in [0.1, 0.15) is 6.17 Å². The third-order valence-corrected chi connectivity index (χ3v) is 3.17. The van der Waals surface area contributed by atoms with Gasteiger partial charge in [0, 0.05) is 19.6 Å². The van der Waals surface area contributed by atoms with Crippen LogP contribution in [0.15, 0.2) is 18.2 Å². The van der Waals surface area contributed by atoms with E-state index in [1.165, 1.54) is 12.1 Å². The smallest absolute Gasteiger partial charge is 0.395 e. The van der Waals surface area contributed by atoms with Crippen LogP contribution in [-0.4, -0.2) is 41.7 Å².